The predicted molar refractivity (Wildman–Crippen MR) is 95.2 cm³/mol. The first-order valence-electron chi connectivity index (χ1n) is 8.72. The van der Waals surface area contributed by atoms with Crippen molar-refractivity contribution in [1.82, 2.24) is 10.3 Å². The van der Waals surface area contributed by atoms with Gasteiger partial charge in [0.25, 0.3) is 0 Å². The lowest BCUT2D eigenvalue weighted by atomic mass is 10.0. The zero-order valence-electron chi connectivity index (χ0n) is 14.4. The van der Waals surface area contributed by atoms with E-state index < -0.39 is 0 Å². The Balaban J connectivity index is 1.87. The van der Waals surface area contributed by atoms with Crippen LogP contribution in [0.2, 0.25) is 0 Å². The number of morpholine rings is 1. The summed E-state index contributed by atoms with van der Waals surface area (Å²) in [4.78, 5) is 4.53. The van der Waals surface area contributed by atoms with Gasteiger partial charge in [-0.05, 0) is 30.0 Å². The van der Waals surface area contributed by atoms with Crippen molar-refractivity contribution >= 4 is 0 Å². The lowest BCUT2D eigenvalue weighted by Crippen LogP contribution is -2.43. The van der Waals surface area contributed by atoms with Gasteiger partial charge in [0.2, 0.25) is 0 Å². The average molecular weight is 326 g/mol. The van der Waals surface area contributed by atoms with Crippen molar-refractivity contribution in [1.29, 1.82) is 0 Å². The Kier molecular flexibility index (Phi) is 5.83. The highest BCUT2D eigenvalue weighted by Crippen LogP contribution is 2.29. The smallest absolute Gasteiger partial charge is 0.151 e. The number of rotatable bonds is 6. The molecule has 0 saturated carbocycles. The zero-order valence-corrected chi connectivity index (χ0v) is 14.4. The summed E-state index contributed by atoms with van der Waals surface area (Å²) in [7, 11) is 0. The molecule has 0 aliphatic carbocycles. The fraction of sp³-hybridized carbons (Fsp3) is 0.450. The third kappa shape index (κ3) is 4.34. The van der Waals surface area contributed by atoms with E-state index in [1.54, 1.807) is 0 Å². The second kappa shape index (κ2) is 8.27. The van der Waals surface area contributed by atoms with E-state index in [-0.39, 0.29) is 12.2 Å². The van der Waals surface area contributed by atoms with Crippen molar-refractivity contribution < 1.29 is 9.47 Å². The van der Waals surface area contributed by atoms with E-state index in [9.17, 15) is 0 Å². The molecule has 1 saturated heterocycles. The fourth-order valence-corrected chi connectivity index (χ4v) is 2.99. The molecule has 0 spiro atoms. The normalized spacial score (nSPS) is 19.2. The molecule has 0 bridgehead atoms. The average Bonchev–Trinajstić information content (AvgIpc) is 2.62. The van der Waals surface area contributed by atoms with Gasteiger partial charge in [-0.15, -0.1) is 0 Å². The molecule has 1 aromatic heterocycles. The summed E-state index contributed by atoms with van der Waals surface area (Å²) < 4.78 is 12.4. The minimum Gasteiger partial charge on any atom is -0.481 e. The van der Waals surface area contributed by atoms with Gasteiger partial charge < -0.3 is 14.8 Å². The number of benzene rings is 1. The summed E-state index contributed by atoms with van der Waals surface area (Å²) >= 11 is 0. The van der Waals surface area contributed by atoms with Gasteiger partial charge in [0.1, 0.15) is 11.9 Å². The Labute approximate surface area is 144 Å². The monoisotopic (exact) mass is 326 g/mol. The molecule has 0 amide bonds. The van der Waals surface area contributed by atoms with Crippen LogP contribution in [0.15, 0.2) is 48.7 Å². The first-order valence-corrected chi connectivity index (χ1v) is 8.72. The SMILES string of the molecule is CC(C)Cc1ncccc1O[C@@H](c1ccccc1)[C@@H]1CNCCO1. The minimum atomic E-state index is -0.144. The van der Waals surface area contributed by atoms with Crippen LogP contribution in [0.5, 0.6) is 5.75 Å². The molecule has 2 atom stereocenters. The first kappa shape index (κ1) is 16.9. The molecule has 2 aromatic rings. The van der Waals surface area contributed by atoms with E-state index in [1.165, 1.54) is 0 Å². The van der Waals surface area contributed by atoms with E-state index in [4.69, 9.17) is 9.47 Å². The van der Waals surface area contributed by atoms with Gasteiger partial charge in [0.05, 0.1) is 12.3 Å². The second-order valence-electron chi connectivity index (χ2n) is 6.61. The van der Waals surface area contributed by atoms with E-state index in [0.717, 1.165) is 36.5 Å². The van der Waals surface area contributed by atoms with Crippen LogP contribution in [0.4, 0.5) is 0 Å². The van der Waals surface area contributed by atoms with E-state index in [1.807, 2.05) is 36.5 Å². The van der Waals surface area contributed by atoms with Gasteiger partial charge in [-0.25, -0.2) is 0 Å². The molecular formula is C20H26N2O2. The second-order valence-corrected chi connectivity index (χ2v) is 6.61. The number of pyridine rings is 1. The molecule has 128 valence electrons. The van der Waals surface area contributed by atoms with Crippen molar-refractivity contribution in [2.24, 2.45) is 5.92 Å². The summed E-state index contributed by atoms with van der Waals surface area (Å²) in [5.74, 6) is 1.39. The van der Waals surface area contributed by atoms with Crippen LogP contribution in [-0.4, -0.2) is 30.8 Å². The number of aromatic nitrogens is 1. The van der Waals surface area contributed by atoms with Crippen LogP contribution in [0.3, 0.4) is 0 Å². The molecule has 4 heteroatoms. The quantitative estimate of drug-likeness (QED) is 0.884. The Morgan fingerprint density at radius 2 is 2.04 bits per heavy atom. The number of nitrogens with one attached hydrogen (secondary N) is 1. The number of ether oxygens (including phenoxy) is 2. The minimum absolute atomic E-state index is 0.00624. The van der Waals surface area contributed by atoms with Crippen molar-refractivity contribution in [2.75, 3.05) is 19.7 Å². The highest BCUT2D eigenvalue weighted by Gasteiger charge is 2.28. The molecule has 1 N–H and O–H groups in total. The lowest BCUT2D eigenvalue weighted by Gasteiger charge is -2.32. The third-order valence-electron chi connectivity index (χ3n) is 4.13. The molecule has 0 unspecified atom stereocenters. The Hall–Kier alpha value is -1.91. The number of hydrogen-bond acceptors (Lipinski definition) is 4. The van der Waals surface area contributed by atoms with Gasteiger partial charge in [-0.1, -0.05) is 44.2 Å². The van der Waals surface area contributed by atoms with Gasteiger partial charge in [0.15, 0.2) is 6.10 Å². The van der Waals surface area contributed by atoms with Crippen LogP contribution in [0.25, 0.3) is 0 Å². The van der Waals surface area contributed by atoms with Gasteiger partial charge in [0, 0.05) is 19.3 Å². The molecule has 0 radical (unpaired) electrons. The molecule has 1 fully saturated rings. The Morgan fingerprint density at radius 1 is 1.21 bits per heavy atom. The first-order chi connectivity index (χ1) is 11.7. The summed E-state index contributed by atoms with van der Waals surface area (Å²) in [6.07, 6.45) is 2.59. The number of hydrogen-bond donors (Lipinski definition) is 1. The van der Waals surface area contributed by atoms with Crippen LogP contribution in [0.1, 0.15) is 31.2 Å². The maximum absolute atomic E-state index is 6.44. The molecule has 1 aliphatic heterocycles. The standard InChI is InChI=1S/C20H26N2O2/c1-15(2)13-17-18(9-6-10-22-17)24-20(16-7-4-3-5-8-16)19-14-21-11-12-23-19/h3-10,15,19-21H,11-14H2,1-2H3/t19-,20-/m0/s1. The molecule has 4 nitrogen and oxygen atoms in total. The highest BCUT2D eigenvalue weighted by atomic mass is 16.5. The van der Waals surface area contributed by atoms with Gasteiger partial charge in [-0.2, -0.15) is 0 Å². The lowest BCUT2D eigenvalue weighted by molar-refractivity contribution is -0.0436. The summed E-state index contributed by atoms with van der Waals surface area (Å²) in [5.41, 5.74) is 2.14. The molecule has 1 aromatic carbocycles. The predicted octanol–water partition coefficient (Wildman–Crippen LogP) is 3.39. The largest absolute Gasteiger partial charge is 0.481 e. The summed E-state index contributed by atoms with van der Waals surface area (Å²) in [5, 5.41) is 3.40. The molecule has 24 heavy (non-hydrogen) atoms. The van der Waals surface area contributed by atoms with Crippen LogP contribution < -0.4 is 10.1 Å². The van der Waals surface area contributed by atoms with Crippen molar-refractivity contribution in [3.63, 3.8) is 0 Å². The van der Waals surface area contributed by atoms with Crippen molar-refractivity contribution in [3.05, 3.63) is 59.9 Å². The Morgan fingerprint density at radius 3 is 2.75 bits per heavy atom. The van der Waals surface area contributed by atoms with Crippen LogP contribution >= 0.6 is 0 Å². The highest BCUT2D eigenvalue weighted by molar-refractivity contribution is 5.29. The van der Waals surface area contributed by atoms with Crippen LogP contribution in [-0.2, 0) is 11.2 Å². The third-order valence-corrected chi connectivity index (χ3v) is 4.13. The van der Waals surface area contributed by atoms with Gasteiger partial charge >= 0.3 is 0 Å². The Bertz CT molecular complexity index is 625. The van der Waals surface area contributed by atoms with E-state index in [2.05, 4.69) is 36.3 Å². The topological polar surface area (TPSA) is 43.4 Å². The summed E-state index contributed by atoms with van der Waals surface area (Å²) in [6.45, 7) is 6.79. The molecule has 1 aliphatic rings. The fourth-order valence-electron chi connectivity index (χ4n) is 2.99. The van der Waals surface area contributed by atoms with E-state index in [0.29, 0.717) is 12.5 Å². The van der Waals surface area contributed by atoms with E-state index >= 15 is 0 Å². The van der Waals surface area contributed by atoms with Crippen molar-refractivity contribution in [2.45, 2.75) is 32.5 Å². The molecule has 3 rings (SSSR count). The maximum atomic E-state index is 6.44. The maximum Gasteiger partial charge on any atom is 0.151 e. The van der Waals surface area contributed by atoms with Crippen LogP contribution in [0, 0.1) is 5.92 Å². The molecule has 2 heterocycles. The zero-order chi connectivity index (χ0) is 16.8. The van der Waals surface area contributed by atoms with Crippen molar-refractivity contribution in [3.8, 4) is 5.75 Å². The number of nitrogens with zero attached hydrogens (tertiary/aromatic N) is 1. The van der Waals surface area contributed by atoms with Gasteiger partial charge in [-0.3, -0.25) is 4.98 Å². The summed E-state index contributed by atoms with van der Waals surface area (Å²) in [6, 6.07) is 14.2. The molecular weight excluding hydrogens is 300 g/mol.